The summed E-state index contributed by atoms with van der Waals surface area (Å²) in [6.45, 7) is 0.342. The van der Waals surface area contributed by atoms with Crippen molar-refractivity contribution in [3.05, 3.63) is 0 Å². The predicted octanol–water partition coefficient (Wildman–Crippen LogP) is 4.34. The molecule has 0 bridgehead atoms. The largest absolute Gasteiger partial charge is 0.396 e. The Hall–Kier alpha value is -0.610. The van der Waals surface area contributed by atoms with Crippen molar-refractivity contribution in [3.63, 3.8) is 0 Å². The fourth-order valence-corrected chi connectivity index (χ4v) is 2.57. The fraction of sp³-hybridized carbons (Fsp3) is 0.941. The van der Waals surface area contributed by atoms with E-state index in [1.165, 1.54) is 70.6 Å². The third-order valence-corrected chi connectivity index (χ3v) is 3.94. The molecule has 0 heterocycles. The molecule has 0 aromatic carbocycles. The zero-order valence-corrected chi connectivity index (χ0v) is 13.6. The molecule has 0 rings (SSSR count). The van der Waals surface area contributed by atoms with Gasteiger partial charge in [-0.05, 0) is 12.8 Å². The highest BCUT2D eigenvalue weighted by atomic mass is 16.5. The van der Waals surface area contributed by atoms with Gasteiger partial charge in [0, 0.05) is 13.0 Å². The van der Waals surface area contributed by atoms with Gasteiger partial charge in [-0.2, -0.15) is 0 Å². The van der Waals surface area contributed by atoms with Crippen LogP contribution in [0.5, 0.6) is 0 Å². The van der Waals surface area contributed by atoms with E-state index < -0.39 is 0 Å². The number of aliphatic hydroxyl groups is 1. The number of carbonyl (C=O) groups excluding carboxylic acids is 1. The van der Waals surface area contributed by atoms with E-state index in [9.17, 15) is 4.79 Å². The molecule has 0 radical (unpaired) electrons. The number of hydrogen-bond acceptors (Lipinski definition) is 3. The summed E-state index contributed by atoms with van der Waals surface area (Å²) < 4.78 is 0. The Morgan fingerprint density at radius 2 is 0.952 bits per heavy atom. The number of nitrogens with one attached hydrogen (secondary N) is 1. The standard InChI is InChI=1S/C17H35NO3/c19-16-14-12-10-8-6-4-2-1-3-5-7-9-11-13-15-17(20)18-21/h19,21H,1-16H2,(H,18,20). The summed E-state index contributed by atoms with van der Waals surface area (Å²) in [4.78, 5) is 10.8. The minimum atomic E-state index is -0.272. The molecule has 0 saturated carbocycles. The molecule has 3 N–H and O–H groups in total. The van der Waals surface area contributed by atoms with Gasteiger partial charge < -0.3 is 5.11 Å². The highest BCUT2D eigenvalue weighted by Gasteiger charge is 1.98. The van der Waals surface area contributed by atoms with E-state index in [0.717, 1.165) is 19.3 Å². The lowest BCUT2D eigenvalue weighted by molar-refractivity contribution is -0.129. The van der Waals surface area contributed by atoms with Crippen LogP contribution in [0.3, 0.4) is 0 Å². The molecular formula is C17H35NO3. The normalized spacial score (nSPS) is 10.8. The van der Waals surface area contributed by atoms with E-state index in [0.29, 0.717) is 13.0 Å². The van der Waals surface area contributed by atoms with Crippen molar-refractivity contribution in [3.8, 4) is 0 Å². The SMILES string of the molecule is O=C(CCCCCCCCCCCCCCCCO)NO. The number of hydrogen-bond donors (Lipinski definition) is 3. The lowest BCUT2D eigenvalue weighted by atomic mass is 10.0. The highest BCUT2D eigenvalue weighted by molar-refractivity contribution is 5.74. The third kappa shape index (κ3) is 17.3. The van der Waals surface area contributed by atoms with Crippen molar-refractivity contribution >= 4 is 5.91 Å². The topological polar surface area (TPSA) is 69.6 Å². The molecular weight excluding hydrogens is 266 g/mol. The van der Waals surface area contributed by atoms with E-state index in [4.69, 9.17) is 10.3 Å². The van der Waals surface area contributed by atoms with Crippen LogP contribution in [-0.2, 0) is 4.79 Å². The Balaban J connectivity index is 2.98. The molecule has 0 aliphatic heterocycles. The Morgan fingerprint density at radius 3 is 1.29 bits per heavy atom. The van der Waals surface area contributed by atoms with Gasteiger partial charge in [0.15, 0.2) is 0 Å². The molecule has 0 fully saturated rings. The second kappa shape index (κ2) is 17.4. The Bertz CT molecular complexity index is 222. The number of aliphatic hydroxyl groups excluding tert-OH is 1. The quantitative estimate of drug-likeness (QED) is 0.226. The van der Waals surface area contributed by atoms with E-state index in [1.54, 1.807) is 5.48 Å². The molecule has 0 aromatic rings. The zero-order chi connectivity index (χ0) is 15.6. The average Bonchev–Trinajstić information content (AvgIpc) is 2.50. The van der Waals surface area contributed by atoms with Crippen LogP contribution in [0.1, 0.15) is 96.3 Å². The molecule has 4 heteroatoms. The van der Waals surface area contributed by atoms with Crippen LogP contribution < -0.4 is 5.48 Å². The van der Waals surface area contributed by atoms with Crippen LogP contribution in [0.25, 0.3) is 0 Å². The monoisotopic (exact) mass is 301 g/mol. The molecule has 0 aliphatic rings. The van der Waals surface area contributed by atoms with Gasteiger partial charge in [0.2, 0.25) is 5.91 Å². The van der Waals surface area contributed by atoms with Gasteiger partial charge in [0.25, 0.3) is 0 Å². The van der Waals surface area contributed by atoms with Crippen LogP contribution in [-0.4, -0.2) is 22.8 Å². The van der Waals surface area contributed by atoms with E-state index >= 15 is 0 Å². The van der Waals surface area contributed by atoms with Gasteiger partial charge in [0.05, 0.1) is 0 Å². The van der Waals surface area contributed by atoms with Gasteiger partial charge in [-0.15, -0.1) is 0 Å². The molecule has 126 valence electrons. The van der Waals surface area contributed by atoms with Crippen molar-refractivity contribution in [2.24, 2.45) is 0 Å². The second-order valence-corrected chi connectivity index (χ2v) is 5.96. The summed E-state index contributed by atoms with van der Waals surface area (Å²) in [6, 6.07) is 0. The first-order chi connectivity index (χ1) is 10.3. The van der Waals surface area contributed by atoms with Crippen molar-refractivity contribution in [2.75, 3.05) is 6.61 Å². The predicted molar refractivity (Wildman–Crippen MR) is 86.3 cm³/mol. The summed E-state index contributed by atoms with van der Waals surface area (Å²) >= 11 is 0. The van der Waals surface area contributed by atoms with E-state index in [-0.39, 0.29) is 5.91 Å². The number of carbonyl (C=O) groups is 1. The number of unbranched alkanes of at least 4 members (excludes halogenated alkanes) is 13. The van der Waals surface area contributed by atoms with Crippen molar-refractivity contribution < 1.29 is 15.1 Å². The number of hydroxylamine groups is 1. The summed E-state index contributed by atoms with van der Waals surface area (Å²) in [7, 11) is 0. The maximum Gasteiger partial charge on any atom is 0.243 e. The van der Waals surface area contributed by atoms with Crippen LogP contribution in [0.15, 0.2) is 0 Å². The summed E-state index contributed by atoms with van der Waals surface area (Å²) in [5, 5.41) is 17.0. The molecule has 0 unspecified atom stereocenters. The number of amides is 1. The smallest absolute Gasteiger partial charge is 0.243 e. The number of rotatable bonds is 16. The van der Waals surface area contributed by atoms with Crippen molar-refractivity contribution in [1.29, 1.82) is 0 Å². The van der Waals surface area contributed by atoms with E-state index in [1.807, 2.05) is 0 Å². The first kappa shape index (κ1) is 20.4. The molecule has 1 amide bonds. The Kier molecular flexibility index (Phi) is 16.9. The van der Waals surface area contributed by atoms with Crippen LogP contribution >= 0.6 is 0 Å². The third-order valence-electron chi connectivity index (χ3n) is 3.94. The highest BCUT2D eigenvalue weighted by Crippen LogP contribution is 2.13. The van der Waals surface area contributed by atoms with Gasteiger partial charge >= 0.3 is 0 Å². The summed E-state index contributed by atoms with van der Waals surface area (Å²) in [5.41, 5.74) is 1.66. The second-order valence-electron chi connectivity index (χ2n) is 5.96. The van der Waals surface area contributed by atoms with Crippen molar-refractivity contribution in [1.82, 2.24) is 5.48 Å². The molecule has 0 atom stereocenters. The maximum absolute atomic E-state index is 10.8. The summed E-state index contributed by atoms with van der Waals surface area (Å²) in [5.74, 6) is -0.272. The van der Waals surface area contributed by atoms with Crippen LogP contribution in [0, 0.1) is 0 Å². The van der Waals surface area contributed by atoms with Gasteiger partial charge in [-0.1, -0.05) is 77.0 Å². The lowest BCUT2D eigenvalue weighted by Crippen LogP contribution is -2.17. The fourth-order valence-electron chi connectivity index (χ4n) is 2.57. The lowest BCUT2D eigenvalue weighted by Gasteiger charge is -2.03. The maximum atomic E-state index is 10.8. The van der Waals surface area contributed by atoms with Gasteiger partial charge in [0.1, 0.15) is 0 Å². The average molecular weight is 301 g/mol. The molecule has 0 saturated heterocycles. The molecule has 4 nitrogen and oxygen atoms in total. The zero-order valence-electron chi connectivity index (χ0n) is 13.6. The Morgan fingerprint density at radius 1 is 0.619 bits per heavy atom. The van der Waals surface area contributed by atoms with Crippen molar-refractivity contribution in [2.45, 2.75) is 96.3 Å². The minimum Gasteiger partial charge on any atom is -0.396 e. The first-order valence-corrected chi connectivity index (χ1v) is 8.85. The van der Waals surface area contributed by atoms with Gasteiger partial charge in [-0.25, -0.2) is 5.48 Å². The Labute approximate surface area is 130 Å². The molecule has 0 spiro atoms. The minimum absolute atomic E-state index is 0.272. The van der Waals surface area contributed by atoms with Gasteiger partial charge in [-0.3, -0.25) is 10.0 Å². The molecule has 21 heavy (non-hydrogen) atoms. The van der Waals surface area contributed by atoms with Crippen LogP contribution in [0.2, 0.25) is 0 Å². The van der Waals surface area contributed by atoms with Crippen LogP contribution in [0.4, 0.5) is 0 Å². The first-order valence-electron chi connectivity index (χ1n) is 8.85. The van der Waals surface area contributed by atoms with E-state index in [2.05, 4.69) is 0 Å². The molecule has 0 aromatic heterocycles. The molecule has 0 aliphatic carbocycles. The summed E-state index contributed by atoms with van der Waals surface area (Å²) in [6.07, 6.45) is 17.7.